The quantitative estimate of drug-likeness (QED) is 0.866. The van der Waals surface area contributed by atoms with E-state index in [2.05, 4.69) is 26.7 Å². The lowest BCUT2D eigenvalue weighted by Gasteiger charge is -2.30. The highest BCUT2D eigenvalue weighted by Crippen LogP contribution is 2.24. The Kier molecular flexibility index (Phi) is 5.46. The molecule has 2 heterocycles. The largest absolute Gasteiger partial charge is 0.355 e. The third kappa shape index (κ3) is 4.33. The second kappa shape index (κ2) is 7.61. The highest BCUT2D eigenvalue weighted by Gasteiger charge is 2.18. The molecule has 0 radical (unpaired) electrons. The predicted octanol–water partition coefficient (Wildman–Crippen LogP) is 3.53. The fourth-order valence-electron chi connectivity index (χ4n) is 2.88. The van der Waals surface area contributed by atoms with E-state index in [1.54, 1.807) is 26.0 Å². The van der Waals surface area contributed by atoms with Crippen molar-refractivity contribution in [1.29, 1.82) is 0 Å². The molecular formula is C19H26N4O2S. The summed E-state index contributed by atoms with van der Waals surface area (Å²) in [5.41, 5.74) is 2.23. The van der Waals surface area contributed by atoms with Crippen LogP contribution in [0.4, 0.5) is 11.5 Å². The monoisotopic (exact) mass is 374 g/mol. The van der Waals surface area contributed by atoms with E-state index in [9.17, 15) is 8.42 Å². The predicted molar refractivity (Wildman–Crippen MR) is 106 cm³/mol. The molecule has 1 aromatic carbocycles. The van der Waals surface area contributed by atoms with Crippen molar-refractivity contribution in [2.45, 2.75) is 38.9 Å². The van der Waals surface area contributed by atoms with Gasteiger partial charge < -0.3 is 4.90 Å². The van der Waals surface area contributed by atoms with Crippen molar-refractivity contribution < 1.29 is 8.42 Å². The molecule has 1 aliphatic heterocycles. The molecule has 1 saturated heterocycles. The van der Waals surface area contributed by atoms with Crippen molar-refractivity contribution in [2.75, 3.05) is 22.7 Å². The van der Waals surface area contributed by atoms with Crippen molar-refractivity contribution in [3.63, 3.8) is 0 Å². The summed E-state index contributed by atoms with van der Waals surface area (Å²) < 4.78 is 26.4. The number of rotatable bonds is 5. The number of sulfonamides is 1. The van der Waals surface area contributed by atoms with Crippen molar-refractivity contribution in [3.8, 4) is 11.3 Å². The van der Waals surface area contributed by atoms with E-state index in [0.717, 1.165) is 36.1 Å². The van der Waals surface area contributed by atoms with Gasteiger partial charge in [-0.25, -0.2) is 8.42 Å². The van der Waals surface area contributed by atoms with Crippen LogP contribution in [-0.2, 0) is 10.0 Å². The summed E-state index contributed by atoms with van der Waals surface area (Å²) in [6, 6.07) is 11.2. The fourth-order valence-corrected chi connectivity index (χ4v) is 3.58. The summed E-state index contributed by atoms with van der Waals surface area (Å²) in [5, 5.41) is 8.24. The topological polar surface area (TPSA) is 75.2 Å². The number of hydrogen-bond donors (Lipinski definition) is 1. The van der Waals surface area contributed by atoms with Gasteiger partial charge in [0, 0.05) is 24.3 Å². The van der Waals surface area contributed by atoms with Crippen LogP contribution in [0.25, 0.3) is 11.3 Å². The summed E-state index contributed by atoms with van der Waals surface area (Å²) in [7, 11) is -3.33. The van der Waals surface area contributed by atoms with E-state index in [1.165, 1.54) is 12.8 Å². The molecule has 3 rings (SSSR count). The summed E-state index contributed by atoms with van der Waals surface area (Å²) in [6.45, 7) is 7.64. The number of anilines is 2. The van der Waals surface area contributed by atoms with E-state index in [-0.39, 0.29) is 0 Å². The maximum Gasteiger partial charge on any atom is 0.235 e. The summed E-state index contributed by atoms with van der Waals surface area (Å²) in [4.78, 5) is 2.28. The lowest BCUT2D eigenvalue weighted by Crippen LogP contribution is -2.33. The molecule has 0 atom stereocenters. The molecule has 26 heavy (non-hydrogen) atoms. The average Bonchev–Trinajstić information content (AvgIpc) is 2.63. The summed E-state index contributed by atoms with van der Waals surface area (Å²) in [5.74, 6) is 1.70. The lowest BCUT2D eigenvalue weighted by atomic mass is 9.99. The second-order valence-electron chi connectivity index (χ2n) is 7.22. The number of benzene rings is 1. The van der Waals surface area contributed by atoms with Crippen LogP contribution in [0.2, 0.25) is 0 Å². The fraction of sp³-hybridized carbons (Fsp3) is 0.474. The molecule has 140 valence electrons. The van der Waals surface area contributed by atoms with Gasteiger partial charge in [-0.2, -0.15) is 0 Å². The zero-order valence-electron chi connectivity index (χ0n) is 15.5. The van der Waals surface area contributed by atoms with Gasteiger partial charge in [0.1, 0.15) is 0 Å². The zero-order chi connectivity index (χ0) is 18.7. The first-order valence-electron chi connectivity index (χ1n) is 9.06. The second-order valence-corrected chi connectivity index (χ2v) is 9.46. The number of hydrogen-bond acceptors (Lipinski definition) is 5. The molecule has 1 fully saturated rings. The van der Waals surface area contributed by atoms with Gasteiger partial charge in [0.2, 0.25) is 10.0 Å². The Hall–Kier alpha value is -2.15. The van der Waals surface area contributed by atoms with Gasteiger partial charge in [-0.05, 0) is 56.9 Å². The van der Waals surface area contributed by atoms with Gasteiger partial charge in [0.25, 0.3) is 0 Å². The van der Waals surface area contributed by atoms with Crippen molar-refractivity contribution >= 4 is 21.5 Å². The van der Waals surface area contributed by atoms with Crippen LogP contribution < -0.4 is 9.62 Å². The molecule has 6 nitrogen and oxygen atoms in total. The highest BCUT2D eigenvalue weighted by atomic mass is 32.2. The molecule has 1 N–H and O–H groups in total. The molecule has 0 amide bonds. The molecule has 1 aromatic heterocycles. The third-order valence-corrected chi connectivity index (χ3v) is 6.58. The minimum Gasteiger partial charge on any atom is -0.355 e. The summed E-state index contributed by atoms with van der Waals surface area (Å²) in [6.07, 6.45) is 2.38. The van der Waals surface area contributed by atoms with Crippen molar-refractivity contribution in [3.05, 3.63) is 36.4 Å². The van der Waals surface area contributed by atoms with E-state index < -0.39 is 15.3 Å². The standard InChI is InChI=1S/C19H26N4O2S/c1-14(2)26(24,25)22-17-6-4-16(5-7-17)18-8-9-19(21-20-18)23-12-10-15(3)11-13-23/h4-9,14-15,22H,10-13H2,1-3H3. The molecule has 0 spiro atoms. The van der Waals surface area contributed by atoms with Crippen LogP contribution in [0, 0.1) is 5.92 Å². The van der Waals surface area contributed by atoms with E-state index in [0.29, 0.717) is 5.69 Å². The Labute approximate surface area is 155 Å². The SMILES string of the molecule is CC1CCN(c2ccc(-c3ccc(NS(=O)(=O)C(C)C)cc3)nn2)CC1. The van der Waals surface area contributed by atoms with E-state index >= 15 is 0 Å². The van der Waals surface area contributed by atoms with Gasteiger partial charge in [-0.1, -0.05) is 19.1 Å². The molecule has 0 bridgehead atoms. The first-order chi connectivity index (χ1) is 12.3. The Bertz CT molecular complexity index is 825. The minimum atomic E-state index is -3.33. The third-order valence-electron chi connectivity index (χ3n) is 4.82. The van der Waals surface area contributed by atoms with Crippen molar-refractivity contribution in [1.82, 2.24) is 10.2 Å². The number of nitrogens with zero attached hydrogens (tertiary/aromatic N) is 3. The van der Waals surface area contributed by atoms with E-state index in [4.69, 9.17) is 0 Å². The molecule has 1 aliphatic rings. The Balaban J connectivity index is 1.69. The molecule has 7 heteroatoms. The van der Waals surface area contributed by atoms with Crippen molar-refractivity contribution in [2.24, 2.45) is 5.92 Å². The first-order valence-corrected chi connectivity index (χ1v) is 10.6. The molecule has 0 unspecified atom stereocenters. The van der Waals surface area contributed by atoms with Gasteiger partial charge in [0.15, 0.2) is 5.82 Å². The van der Waals surface area contributed by atoms with Crippen LogP contribution in [0.3, 0.4) is 0 Å². The summed E-state index contributed by atoms with van der Waals surface area (Å²) >= 11 is 0. The molecule has 0 saturated carbocycles. The molecule has 0 aliphatic carbocycles. The van der Waals surface area contributed by atoms with Crippen LogP contribution in [0.1, 0.15) is 33.6 Å². The van der Waals surface area contributed by atoms with Gasteiger partial charge in [0.05, 0.1) is 10.9 Å². The highest BCUT2D eigenvalue weighted by molar-refractivity contribution is 7.93. The first kappa shape index (κ1) is 18.6. The van der Waals surface area contributed by atoms with E-state index in [1.807, 2.05) is 24.3 Å². The normalized spacial score (nSPS) is 16.1. The van der Waals surface area contributed by atoms with Gasteiger partial charge in [-0.3, -0.25) is 4.72 Å². The van der Waals surface area contributed by atoms with Gasteiger partial charge >= 0.3 is 0 Å². The smallest absolute Gasteiger partial charge is 0.235 e. The van der Waals surface area contributed by atoms with Crippen LogP contribution in [-0.4, -0.2) is 37.0 Å². The van der Waals surface area contributed by atoms with Crippen LogP contribution in [0.15, 0.2) is 36.4 Å². The number of aromatic nitrogens is 2. The Morgan fingerprint density at radius 3 is 2.23 bits per heavy atom. The maximum atomic E-state index is 11.9. The number of nitrogens with one attached hydrogen (secondary N) is 1. The van der Waals surface area contributed by atoms with Gasteiger partial charge in [-0.15, -0.1) is 10.2 Å². The zero-order valence-corrected chi connectivity index (χ0v) is 16.3. The lowest BCUT2D eigenvalue weighted by molar-refractivity contribution is 0.436. The van der Waals surface area contributed by atoms with Crippen LogP contribution >= 0.6 is 0 Å². The average molecular weight is 375 g/mol. The Morgan fingerprint density at radius 1 is 1.04 bits per heavy atom. The maximum absolute atomic E-state index is 11.9. The Morgan fingerprint density at radius 2 is 1.69 bits per heavy atom. The number of piperidine rings is 1. The molecule has 2 aromatic rings. The minimum absolute atomic E-state index is 0.474. The van der Waals surface area contributed by atoms with Crippen LogP contribution in [0.5, 0.6) is 0 Å². The molecular weight excluding hydrogens is 348 g/mol.